The van der Waals surface area contributed by atoms with Gasteiger partial charge in [-0.3, -0.25) is 0 Å². The maximum atomic E-state index is 3.79. The van der Waals surface area contributed by atoms with Crippen LogP contribution in [0.3, 0.4) is 0 Å². The van der Waals surface area contributed by atoms with Gasteiger partial charge in [-0.1, -0.05) is 63.3 Å². The topological polar surface area (TPSA) is 12.0 Å². The van der Waals surface area contributed by atoms with Gasteiger partial charge in [0.15, 0.2) is 0 Å². The molecule has 20 heavy (non-hydrogen) atoms. The predicted octanol–water partition coefficient (Wildman–Crippen LogP) is 5.17. The number of nitrogens with one attached hydrogen (secondary N) is 1. The fraction of sp³-hybridized carbons (Fsp3) is 0.684. The number of benzene rings is 1. The molecule has 1 aliphatic rings. The van der Waals surface area contributed by atoms with Gasteiger partial charge >= 0.3 is 0 Å². The molecule has 0 aliphatic heterocycles. The molecule has 3 atom stereocenters. The van der Waals surface area contributed by atoms with Crippen LogP contribution in [0, 0.1) is 25.7 Å². The van der Waals surface area contributed by atoms with E-state index < -0.39 is 0 Å². The summed E-state index contributed by atoms with van der Waals surface area (Å²) in [5.74, 6) is 1.71. The van der Waals surface area contributed by atoms with Gasteiger partial charge in [0.05, 0.1) is 0 Å². The van der Waals surface area contributed by atoms with Crippen molar-refractivity contribution in [3.05, 3.63) is 34.9 Å². The predicted molar refractivity (Wildman–Crippen MR) is 88.1 cm³/mol. The summed E-state index contributed by atoms with van der Waals surface area (Å²) >= 11 is 0. The molecule has 0 amide bonds. The average molecular weight is 273 g/mol. The number of rotatable bonds is 5. The first-order chi connectivity index (χ1) is 9.67. The van der Waals surface area contributed by atoms with Crippen molar-refractivity contribution in [3.8, 4) is 0 Å². The normalized spacial score (nSPS) is 24.6. The molecule has 1 aromatic carbocycles. The lowest BCUT2D eigenvalue weighted by atomic mass is 9.72. The highest BCUT2D eigenvalue weighted by Crippen LogP contribution is 2.41. The standard InChI is InChI=1S/C19H31N/c1-5-16-9-7-8-10-18(16)19(20-6-2)17-12-11-14(3)13-15(17)4/h11-13,16,18-20H,5-10H2,1-4H3. The fourth-order valence-corrected chi connectivity index (χ4v) is 4.07. The molecule has 1 nitrogen and oxygen atoms in total. The smallest absolute Gasteiger partial charge is 0.0353 e. The highest BCUT2D eigenvalue weighted by atomic mass is 14.9. The molecule has 112 valence electrons. The van der Waals surface area contributed by atoms with Crippen LogP contribution in [0.2, 0.25) is 0 Å². The molecule has 0 bridgehead atoms. The van der Waals surface area contributed by atoms with E-state index in [0.29, 0.717) is 6.04 Å². The molecule has 1 fully saturated rings. The van der Waals surface area contributed by atoms with Gasteiger partial charge in [0, 0.05) is 6.04 Å². The second kappa shape index (κ2) is 7.26. The van der Waals surface area contributed by atoms with Crippen LogP contribution in [0.4, 0.5) is 0 Å². The van der Waals surface area contributed by atoms with Gasteiger partial charge in [-0.25, -0.2) is 0 Å². The van der Waals surface area contributed by atoms with E-state index in [1.807, 2.05) is 0 Å². The molecular weight excluding hydrogens is 242 g/mol. The van der Waals surface area contributed by atoms with Gasteiger partial charge < -0.3 is 5.32 Å². The van der Waals surface area contributed by atoms with Crippen LogP contribution >= 0.6 is 0 Å². The molecule has 3 unspecified atom stereocenters. The maximum Gasteiger partial charge on any atom is 0.0353 e. The van der Waals surface area contributed by atoms with Crippen LogP contribution in [0.5, 0.6) is 0 Å². The monoisotopic (exact) mass is 273 g/mol. The van der Waals surface area contributed by atoms with Gasteiger partial charge in [-0.05, 0) is 49.8 Å². The summed E-state index contributed by atoms with van der Waals surface area (Å²) in [5, 5.41) is 3.79. The lowest BCUT2D eigenvalue weighted by Gasteiger charge is -2.38. The number of aryl methyl sites for hydroxylation is 2. The van der Waals surface area contributed by atoms with Crippen LogP contribution in [0.25, 0.3) is 0 Å². The Hall–Kier alpha value is -0.820. The first kappa shape index (κ1) is 15.6. The highest BCUT2D eigenvalue weighted by molar-refractivity contribution is 5.33. The fourth-order valence-electron chi connectivity index (χ4n) is 4.07. The third-order valence-electron chi connectivity index (χ3n) is 5.10. The zero-order valence-electron chi connectivity index (χ0n) is 13.7. The van der Waals surface area contributed by atoms with Crippen LogP contribution < -0.4 is 5.32 Å². The van der Waals surface area contributed by atoms with E-state index in [0.717, 1.165) is 18.4 Å². The Kier molecular flexibility index (Phi) is 5.65. The van der Waals surface area contributed by atoms with Crippen molar-refractivity contribution in [2.75, 3.05) is 6.54 Å². The van der Waals surface area contributed by atoms with Crippen LogP contribution in [0.1, 0.15) is 68.7 Å². The molecule has 0 saturated heterocycles. The third kappa shape index (κ3) is 3.44. The molecule has 1 aliphatic carbocycles. The highest BCUT2D eigenvalue weighted by Gasteiger charge is 2.31. The van der Waals surface area contributed by atoms with E-state index >= 15 is 0 Å². The molecule has 1 N–H and O–H groups in total. The minimum Gasteiger partial charge on any atom is -0.310 e. The zero-order valence-corrected chi connectivity index (χ0v) is 13.7. The SMILES string of the molecule is CCNC(c1ccc(C)cc1C)C1CCCCC1CC. The summed E-state index contributed by atoms with van der Waals surface area (Å²) in [7, 11) is 0. The number of hydrogen-bond donors (Lipinski definition) is 1. The van der Waals surface area contributed by atoms with E-state index in [1.165, 1.54) is 48.8 Å². The molecule has 1 saturated carbocycles. The van der Waals surface area contributed by atoms with Gasteiger partial charge in [0.25, 0.3) is 0 Å². The van der Waals surface area contributed by atoms with E-state index in [4.69, 9.17) is 0 Å². The maximum absolute atomic E-state index is 3.79. The van der Waals surface area contributed by atoms with Crippen molar-refractivity contribution in [1.82, 2.24) is 5.32 Å². The van der Waals surface area contributed by atoms with E-state index in [1.54, 1.807) is 0 Å². The second-order valence-electron chi connectivity index (χ2n) is 6.51. The Labute approximate surface area is 125 Å². The lowest BCUT2D eigenvalue weighted by molar-refractivity contribution is 0.176. The third-order valence-corrected chi connectivity index (χ3v) is 5.10. The Morgan fingerprint density at radius 2 is 1.90 bits per heavy atom. The Balaban J connectivity index is 2.29. The van der Waals surface area contributed by atoms with E-state index in [-0.39, 0.29) is 0 Å². The van der Waals surface area contributed by atoms with Gasteiger partial charge in [-0.15, -0.1) is 0 Å². The summed E-state index contributed by atoms with van der Waals surface area (Å²) in [4.78, 5) is 0. The van der Waals surface area contributed by atoms with Crippen LogP contribution in [-0.4, -0.2) is 6.54 Å². The Morgan fingerprint density at radius 1 is 1.15 bits per heavy atom. The molecule has 0 heterocycles. The van der Waals surface area contributed by atoms with Crippen molar-refractivity contribution in [3.63, 3.8) is 0 Å². The summed E-state index contributed by atoms with van der Waals surface area (Å²) in [6.45, 7) is 10.1. The molecule has 1 heteroatoms. The minimum absolute atomic E-state index is 0.547. The zero-order chi connectivity index (χ0) is 14.5. The number of hydrogen-bond acceptors (Lipinski definition) is 1. The van der Waals surface area contributed by atoms with Crippen molar-refractivity contribution in [2.24, 2.45) is 11.8 Å². The molecule has 2 rings (SSSR count). The van der Waals surface area contributed by atoms with Crippen LogP contribution in [0.15, 0.2) is 18.2 Å². The molecule has 0 radical (unpaired) electrons. The lowest BCUT2D eigenvalue weighted by Crippen LogP contribution is -2.34. The average Bonchev–Trinajstić information content (AvgIpc) is 2.45. The molecule has 0 aromatic heterocycles. The van der Waals surface area contributed by atoms with Crippen molar-refractivity contribution in [1.29, 1.82) is 0 Å². The molecule has 0 spiro atoms. The van der Waals surface area contributed by atoms with E-state index in [2.05, 4.69) is 51.2 Å². The van der Waals surface area contributed by atoms with Crippen molar-refractivity contribution >= 4 is 0 Å². The van der Waals surface area contributed by atoms with E-state index in [9.17, 15) is 0 Å². The van der Waals surface area contributed by atoms with Gasteiger partial charge in [0.2, 0.25) is 0 Å². The summed E-state index contributed by atoms with van der Waals surface area (Å²) in [6, 6.07) is 7.52. The largest absolute Gasteiger partial charge is 0.310 e. The van der Waals surface area contributed by atoms with Gasteiger partial charge in [0.1, 0.15) is 0 Å². The van der Waals surface area contributed by atoms with Crippen molar-refractivity contribution in [2.45, 2.75) is 65.8 Å². The Morgan fingerprint density at radius 3 is 2.55 bits per heavy atom. The molecular formula is C19H31N. The quantitative estimate of drug-likeness (QED) is 0.780. The first-order valence-corrected chi connectivity index (χ1v) is 8.47. The summed E-state index contributed by atoms with van der Waals surface area (Å²) in [6.07, 6.45) is 6.99. The molecule has 1 aromatic rings. The first-order valence-electron chi connectivity index (χ1n) is 8.47. The van der Waals surface area contributed by atoms with Crippen molar-refractivity contribution < 1.29 is 0 Å². The second-order valence-corrected chi connectivity index (χ2v) is 6.51. The summed E-state index contributed by atoms with van der Waals surface area (Å²) in [5.41, 5.74) is 4.36. The minimum atomic E-state index is 0.547. The summed E-state index contributed by atoms with van der Waals surface area (Å²) < 4.78 is 0. The van der Waals surface area contributed by atoms with Gasteiger partial charge in [-0.2, -0.15) is 0 Å². The van der Waals surface area contributed by atoms with Crippen LogP contribution in [-0.2, 0) is 0 Å². The Bertz CT molecular complexity index is 424.